The number of carbonyl (C=O) groups excluding carboxylic acids is 1. The third-order valence-corrected chi connectivity index (χ3v) is 5.76. The summed E-state index contributed by atoms with van der Waals surface area (Å²) < 4.78 is 5.49. The van der Waals surface area contributed by atoms with Crippen molar-refractivity contribution in [3.05, 3.63) is 53.2 Å². The van der Waals surface area contributed by atoms with Gasteiger partial charge in [-0.1, -0.05) is 11.6 Å². The molecule has 0 bridgehead atoms. The fourth-order valence-corrected chi connectivity index (χ4v) is 3.92. The average molecular weight is 430 g/mol. The Morgan fingerprint density at radius 2 is 1.93 bits per heavy atom. The smallest absolute Gasteiger partial charge is 0.270 e. The number of alkyl halides is 1. The highest BCUT2D eigenvalue weighted by molar-refractivity contribution is 6.31. The predicted molar refractivity (Wildman–Crippen MR) is 116 cm³/mol. The molecule has 0 aliphatic heterocycles. The van der Waals surface area contributed by atoms with E-state index in [0.717, 1.165) is 24.2 Å². The molecule has 0 atom stereocenters. The first kappa shape index (κ1) is 19.9. The molecule has 0 spiro atoms. The van der Waals surface area contributed by atoms with E-state index < -0.39 is 0 Å². The van der Waals surface area contributed by atoms with Crippen LogP contribution in [-0.2, 0) is 0 Å². The Bertz CT molecular complexity index is 1030. The average Bonchev–Trinajstić information content (AvgIpc) is 2.70. The van der Waals surface area contributed by atoms with E-state index in [0.29, 0.717) is 45.8 Å². The highest BCUT2D eigenvalue weighted by Crippen LogP contribution is 2.30. The minimum atomic E-state index is -0.204. The van der Waals surface area contributed by atoms with Gasteiger partial charge in [0.15, 0.2) is 5.82 Å². The number of fused-ring (bicyclic) bond motifs is 1. The lowest BCUT2D eigenvalue weighted by Gasteiger charge is -2.34. The minimum absolute atomic E-state index is 0.137. The van der Waals surface area contributed by atoms with Gasteiger partial charge < -0.3 is 10.1 Å². The summed E-state index contributed by atoms with van der Waals surface area (Å²) in [6, 6.07) is 12.9. The van der Waals surface area contributed by atoms with Crippen molar-refractivity contribution < 1.29 is 9.53 Å². The Balaban J connectivity index is 1.69. The first-order chi connectivity index (χ1) is 14.1. The summed E-state index contributed by atoms with van der Waals surface area (Å²) in [5.41, 5.74) is 1.79. The molecule has 1 fully saturated rings. The second kappa shape index (κ2) is 8.56. The maximum absolute atomic E-state index is 13.0. The topological polar surface area (TPSA) is 64.1 Å². The number of benzene rings is 2. The van der Waals surface area contributed by atoms with E-state index in [-0.39, 0.29) is 11.9 Å². The fraction of sp³-hybridized carbons (Fsp3) is 0.318. The SMILES string of the molecule is CCOc1ccc(-c2nc(C(=O)NC3CC(CCl)C3)c3ccc(Cl)cc3n2)cc1. The zero-order valence-corrected chi connectivity index (χ0v) is 17.5. The second-order valence-electron chi connectivity index (χ2n) is 7.18. The predicted octanol–water partition coefficient (Wildman–Crippen LogP) is 5.10. The van der Waals surface area contributed by atoms with Crippen LogP contribution in [0.2, 0.25) is 5.02 Å². The van der Waals surface area contributed by atoms with E-state index in [1.54, 1.807) is 18.2 Å². The van der Waals surface area contributed by atoms with E-state index in [2.05, 4.69) is 15.3 Å². The molecule has 5 nitrogen and oxygen atoms in total. The van der Waals surface area contributed by atoms with Crippen LogP contribution < -0.4 is 10.1 Å². The van der Waals surface area contributed by atoms with Crippen LogP contribution in [0.15, 0.2) is 42.5 Å². The summed E-state index contributed by atoms with van der Waals surface area (Å²) in [5.74, 6) is 2.15. The Morgan fingerprint density at radius 1 is 1.17 bits per heavy atom. The molecular weight excluding hydrogens is 409 g/mol. The minimum Gasteiger partial charge on any atom is -0.494 e. The number of carbonyl (C=O) groups is 1. The number of nitrogens with zero attached hydrogens (tertiary/aromatic N) is 2. The second-order valence-corrected chi connectivity index (χ2v) is 7.92. The molecule has 0 unspecified atom stereocenters. The van der Waals surface area contributed by atoms with Crippen molar-refractivity contribution in [1.82, 2.24) is 15.3 Å². The lowest BCUT2D eigenvalue weighted by atomic mass is 9.81. The van der Waals surface area contributed by atoms with Gasteiger partial charge in [-0.15, -0.1) is 11.6 Å². The summed E-state index contributed by atoms with van der Waals surface area (Å²) in [5, 5.41) is 4.30. The quantitative estimate of drug-likeness (QED) is 0.553. The molecule has 150 valence electrons. The lowest BCUT2D eigenvalue weighted by molar-refractivity contribution is 0.0893. The zero-order valence-electron chi connectivity index (χ0n) is 16.0. The molecule has 4 rings (SSSR count). The van der Waals surface area contributed by atoms with Crippen molar-refractivity contribution in [2.24, 2.45) is 5.92 Å². The van der Waals surface area contributed by atoms with Gasteiger partial charge in [-0.05, 0) is 68.1 Å². The van der Waals surface area contributed by atoms with Crippen molar-refractivity contribution in [2.75, 3.05) is 12.5 Å². The Labute approximate surface area is 179 Å². The summed E-state index contributed by atoms with van der Waals surface area (Å²) in [6.45, 7) is 2.53. The maximum atomic E-state index is 13.0. The van der Waals surface area contributed by atoms with Crippen molar-refractivity contribution in [2.45, 2.75) is 25.8 Å². The van der Waals surface area contributed by atoms with Gasteiger partial charge in [0.05, 0.1) is 12.1 Å². The lowest BCUT2D eigenvalue weighted by Crippen LogP contribution is -2.45. The molecule has 1 saturated carbocycles. The largest absolute Gasteiger partial charge is 0.494 e. The van der Waals surface area contributed by atoms with Gasteiger partial charge in [0.1, 0.15) is 11.4 Å². The molecule has 3 aromatic rings. The molecule has 29 heavy (non-hydrogen) atoms. The Kier molecular flexibility index (Phi) is 5.88. The fourth-order valence-electron chi connectivity index (χ4n) is 3.51. The van der Waals surface area contributed by atoms with Gasteiger partial charge >= 0.3 is 0 Å². The number of ether oxygens (including phenoxy) is 1. The molecule has 1 aliphatic rings. The van der Waals surface area contributed by atoms with Crippen molar-refractivity contribution in [1.29, 1.82) is 0 Å². The van der Waals surface area contributed by atoms with Crippen LogP contribution in [0.3, 0.4) is 0 Å². The van der Waals surface area contributed by atoms with Crippen molar-refractivity contribution >= 4 is 40.0 Å². The van der Waals surface area contributed by atoms with Crippen LogP contribution in [0.1, 0.15) is 30.3 Å². The number of nitrogens with one attached hydrogen (secondary N) is 1. The van der Waals surface area contributed by atoms with Gasteiger partial charge in [-0.2, -0.15) is 0 Å². The Morgan fingerprint density at radius 3 is 2.62 bits per heavy atom. The van der Waals surface area contributed by atoms with E-state index in [1.165, 1.54) is 0 Å². The van der Waals surface area contributed by atoms with Crippen LogP contribution >= 0.6 is 23.2 Å². The summed E-state index contributed by atoms with van der Waals surface area (Å²) >= 11 is 12.0. The Hall–Kier alpha value is -2.37. The van der Waals surface area contributed by atoms with Crippen LogP contribution in [0, 0.1) is 5.92 Å². The third kappa shape index (κ3) is 4.31. The number of hydrogen-bond donors (Lipinski definition) is 1. The number of aromatic nitrogens is 2. The highest BCUT2D eigenvalue weighted by atomic mass is 35.5. The highest BCUT2D eigenvalue weighted by Gasteiger charge is 2.30. The zero-order chi connectivity index (χ0) is 20.4. The molecule has 7 heteroatoms. The van der Waals surface area contributed by atoms with E-state index in [4.69, 9.17) is 27.9 Å². The number of rotatable bonds is 6. The number of halogens is 2. The first-order valence-corrected chi connectivity index (χ1v) is 10.6. The van der Waals surface area contributed by atoms with Crippen LogP contribution in [-0.4, -0.2) is 34.4 Å². The van der Waals surface area contributed by atoms with Gasteiger partial charge in [-0.3, -0.25) is 4.79 Å². The molecule has 1 amide bonds. The van der Waals surface area contributed by atoms with Crippen LogP contribution in [0.25, 0.3) is 22.3 Å². The van der Waals surface area contributed by atoms with Gasteiger partial charge in [-0.25, -0.2) is 9.97 Å². The molecule has 1 heterocycles. The maximum Gasteiger partial charge on any atom is 0.270 e. The van der Waals surface area contributed by atoms with Crippen LogP contribution in [0.4, 0.5) is 0 Å². The van der Waals surface area contributed by atoms with Crippen LogP contribution in [0.5, 0.6) is 5.75 Å². The normalized spacial score (nSPS) is 18.3. The van der Waals surface area contributed by atoms with Gasteiger partial charge in [0.25, 0.3) is 5.91 Å². The number of hydrogen-bond acceptors (Lipinski definition) is 4. The molecule has 2 aromatic carbocycles. The van der Waals surface area contributed by atoms with Gasteiger partial charge in [0.2, 0.25) is 0 Å². The number of amides is 1. The standard InChI is InChI=1S/C22H21Cl2N3O2/c1-2-29-17-6-3-14(4-7-17)21-26-19-11-15(24)5-8-18(19)20(27-21)22(28)25-16-9-13(10-16)12-23/h3-8,11,13,16H,2,9-10,12H2,1H3,(H,25,28). The third-order valence-electron chi connectivity index (χ3n) is 5.09. The molecule has 0 radical (unpaired) electrons. The molecule has 1 aliphatic carbocycles. The molecular formula is C22H21Cl2N3O2. The molecule has 1 N–H and O–H groups in total. The van der Waals surface area contributed by atoms with E-state index in [9.17, 15) is 4.79 Å². The van der Waals surface area contributed by atoms with E-state index >= 15 is 0 Å². The van der Waals surface area contributed by atoms with Gasteiger partial charge in [0, 0.05) is 27.9 Å². The summed E-state index contributed by atoms with van der Waals surface area (Å²) in [4.78, 5) is 22.2. The molecule has 1 aromatic heterocycles. The summed E-state index contributed by atoms with van der Waals surface area (Å²) in [6.07, 6.45) is 1.80. The monoisotopic (exact) mass is 429 g/mol. The van der Waals surface area contributed by atoms with Crippen molar-refractivity contribution in [3.63, 3.8) is 0 Å². The summed E-state index contributed by atoms with van der Waals surface area (Å²) in [7, 11) is 0. The molecule has 0 saturated heterocycles. The first-order valence-electron chi connectivity index (χ1n) is 9.64. The van der Waals surface area contributed by atoms with E-state index in [1.807, 2.05) is 31.2 Å². The van der Waals surface area contributed by atoms with Crippen molar-refractivity contribution in [3.8, 4) is 17.1 Å².